The number of ether oxygens (including phenoxy) is 8. The van der Waals surface area contributed by atoms with Crippen LogP contribution >= 0.6 is 0 Å². The Kier molecular flexibility index (Phi) is 18.3. The Hall–Kier alpha value is -2.35. The molecule has 0 fully saturated rings. The van der Waals surface area contributed by atoms with E-state index in [1.807, 2.05) is 0 Å². The maximum atomic E-state index is 12.8. The monoisotopic (exact) mass is 545 g/mol. The normalized spacial score (nSPS) is 14.4. The number of nitro groups is 1. The van der Waals surface area contributed by atoms with Crippen molar-refractivity contribution in [3.8, 4) is 5.75 Å². The molecule has 12 heteroatoms. The highest BCUT2D eigenvalue weighted by Crippen LogP contribution is 2.26. The van der Waals surface area contributed by atoms with Crippen LogP contribution < -0.4 is 4.74 Å². The van der Waals surface area contributed by atoms with E-state index in [0.717, 1.165) is 6.42 Å². The number of non-ortho nitro benzene ring substituents is 1. The fourth-order valence-corrected chi connectivity index (χ4v) is 4.05. The molecule has 4 atom stereocenters. The fourth-order valence-electron chi connectivity index (χ4n) is 4.05. The third kappa shape index (κ3) is 13.4. The maximum Gasteiger partial charge on any atom is 0.514 e. The van der Waals surface area contributed by atoms with Crippen LogP contribution in [0.4, 0.5) is 10.5 Å². The van der Waals surface area contributed by atoms with Gasteiger partial charge in [-0.25, -0.2) is 4.79 Å². The van der Waals surface area contributed by atoms with Crippen molar-refractivity contribution >= 4 is 11.8 Å². The molecular weight excluding hydrogens is 502 g/mol. The number of nitro benzene ring substituents is 1. The van der Waals surface area contributed by atoms with Crippen molar-refractivity contribution in [1.29, 1.82) is 0 Å². The van der Waals surface area contributed by atoms with Gasteiger partial charge < -0.3 is 37.9 Å². The van der Waals surface area contributed by atoms with E-state index in [9.17, 15) is 14.9 Å². The number of benzene rings is 1. The lowest BCUT2D eigenvalue weighted by molar-refractivity contribution is -0.384. The Morgan fingerprint density at radius 3 is 1.84 bits per heavy atom. The topological polar surface area (TPSA) is 134 Å². The lowest BCUT2D eigenvalue weighted by Gasteiger charge is -2.32. The summed E-state index contributed by atoms with van der Waals surface area (Å²) in [5, 5.41) is 10.9. The summed E-state index contributed by atoms with van der Waals surface area (Å²) in [6.45, 7) is 3.20. The number of methoxy groups -OCH3 is 5. The second-order valence-corrected chi connectivity index (χ2v) is 8.86. The highest BCUT2D eigenvalue weighted by atomic mass is 16.7. The van der Waals surface area contributed by atoms with Gasteiger partial charge in [0.15, 0.2) is 0 Å². The minimum atomic E-state index is -0.927. The van der Waals surface area contributed by atoms with Gasteiger partial charge in [-0.1, -0.05) is 0 Å². The lowest BCUT2D eigenvalue weighted by atomic mass is 9.87. The van der Waals surface area contributed by atoms with E-state index in [4.69, 9.17) is 37.9 Å². The van der Waals surface area contributed by atoms with E-state index in [-0.39, 0.29) is 29.2 Å². The van der Waals surface area contributed by atoms with Gasteiger partial charge in [0.1, 0.15) is 11.9 Å². The van der Waals surface area contributed by atoms with E-state index >= 15 is 0 Å². The van der Waals surface area contributed by atoms with E-state index in [1.165, 1.54) is 24.3 Å². The Balaban J connectivity index is 2.94. The van der Waals surface area contributed by atoms with Gasteiger partial charge in [0.25, 0.3) is 5.69 Å². The van der Waals surface area contributed by atoms with Crippen LogP contribution in [0.1, 0.15) is 19.3 Å². The maximum absolute atomic E-state index is 12.8. The lowest BCUT2D eigenvalue weighted by Crippen LogP contribution is -2.40. The number of carbonyl (C=O) groups excluding carboxylic acids is 1. The fraction of sp³-hybridized carbons (Fsp3) is 0.731. The predicted molar refractivity (Wildman–Crippen MR) is 139 cm³/mol. The van der Waals surface area contributed by atoms with Gasteiger partial charge in [0, 0.05) is 85.3 Å². The summed E-state index contributed by atoms with van der Waals surface area (Å²) < 4.78 is 43.7. The summed E-state index contributed by atoms with van der Waals surface area (Å²) >= 11 is 0. The summed E-state index contributed by atoms with van der Waals surface area (Å²) in [6.07, 6.45) is 0.402. The smallest absolute Gasteiger partial charge is 0.430 e. The largest absolute Gasteiger partial charge is 0.514 e. The Bertz CT molecular complexity index is 762. The zero-order valence-electron chi connectivity index (χ0n) is 23.1. The average molecular weight is 546 g/mol. The van der Waals surface area contributed by atoms with Crippen molar-refractivity contribution < 1.29 is 47.6 Å². The van der Waals surface area contributed by atoms with E-state index in [1.54, 1.807) is 35.5 Å². The highest BCUT2D eigenvalue weighted by Gasteiger charge is 2.34. The van der Waals surface area contributed by atoms with Crippen LogP contribution in [0.15, 0.2) is 24.3 Å². The number of nitrogens with zero attached hydrogens (tertiary/aromatic N) is 1. The zero-order chi connectivity index (χ0) is 28.2. The molecule has 218 valence electrons. The molecule has 0 aromatic heterocycles. The third-order valence-corrected chi connectivity index (χ3v) is 5.98. The SMILES string of the molecule is COCCC(COC)COCCC(COC)C(OC(=O)Oc1ccc([N+](=O)[O-])cc1)C(CCOC)COC. The van der Waals surface area contributed by atoms with Crippen molar-refractivity contribution in [3.63, 3.8) is 0 Å². The molecule has 0 radical (unpaired) electrons. The van der Waals surface area contributed by atoms with Crippen LogP contribution in [0.5, 0.6) is 5.75 Å². The van der Waals surface area contributed by atoms with Crippen LogP contribution in [0.3, 0.4) is 0 Å². The Morgan fingerprint density at radius 1 is 0.763 bits per heavy atom. The average Bonchev–Trinajstić information content (AvgIpc) is 2.90. The highest BCUT2D eigenvalue weighted by molar-refractivity contribution is 5.64. The van der Waals surface area contributed by atoms with E-state index in [0.29, 0.717) is 59.1 Å². The first kappa shape index (κ1) is 33.7. The molecule has 0 N–H and O–H groups in total. The van der Waals surface area contributed by atoms with Gasteiger partial charge in [-0.15, -0.1) is 0 Å². The second kappa shape index (κ2) is 20.6. The summed E-state index contributed by atoms with van der Waals surface area (Å²) in [4.78, 5) is 23.1. The summed E-state index contributed by atoms with van der Waals surface area (Å²) in [7, 11) is 8.08. The van der Waals surface area contributed by atoms with E-state index in [2.05, 4.69) is 0 Å². The molecule has 0 heterocycles. The van der Waals surface area contributed by atoms with Gasteiger partial charge >= 0.3 is 6.16 Å². The van der Waals surface area contributed by atoms with Crippen LogP contribution in [0.25, 0.3) is 0 Å². The molecule has 0 aliphatic carbocycles. The number of hydrogen-bond donors (Lipinski definition) is 0. The number of hydrogen-bond acceptors (Lipinski definition) is 11. The first-order valence-electron chi connectivity index (χ1n) is 12.5. The summed E-state index contributed by atoms with van der Waals surface area (Å²) in [5.41, 5.74) is -0.113. The molecule has 0 spiro atoms. The molecule has 0 saturated heterocycles. The summed E-state index contributed by atoms with van der Waals surface area (Å²) in [6, 6.07) is 5.18. The minimum Gasteiger partial charge on any atom is -0.430 e. The van der Waals surface area contributed by atoms with Crippen LogP contribution in [0.2, 0.25) is 0 Å². The molecule has 4 unspecified atom stereocenters. The van der Waals surface area contributed by atoms with E-state index < -0.39 is 17.2 Å². The van der Waals surface area contributed by atoms with Crippen molar-refractivity contribution in [3.05, 3.63) is 34.4 Å². The van der Waals surface area contributed by atoms with Gasteiger partial charge in [0.2, 0.25) is 0 Å². The van der Waals surface area contributed by atoms with Crippen LogP contribution in [-0.4, -0.2) is 99.0 Å². The summed E-state index contributed by atoms with van der Waals surface area (Å²) in [5.74, 6) is -0.0902. The van der Waals surface area contributed by atoms with Gasteiger partial charge in [-0.2, -0.15) is 0 Å². The molecule has 0 aliphatic heterocycles. The molecule has 0 aliphatic rings. The van der Waals surface area contributed by atoms with Crippen molar-refractivity contribution in [2.45, 2.75) is 25.4 Å². The molecule has 0 amide bonds. The molecule has 0 saturated carbocycles. The molecular formula is C26H43NO11. The van der Waals surface area contributed by atoms with Crippen molar-refractivity contribution in [2.75, 3.05) is 81.8 Å². The molecule has 1 aromatic rings. The molecule has 0 bridgehead atoms. The standard InChI is InChI=1S/C26H43NO11/c1-31-13-10-20(16-33-3)17-36-15-12-22(19-35-5)25(21(18-34-4)11-14-32-2)38-26(28)37-24-8-6-23(7-9-24)27(29)30/h6-9,20-22,25H,10-19H2,1-5H3. The third-order valence-electron chi connectivity index (χ3n) is 5.98. The van der Waals surface area contributed by atoms with Gasteiger partial charge in [-0.05, 0) is 31.4 Å². The Morgan fingerprint density at radius 2 is 1.32 bits per heavy atom. The zero-order valence-corrected chi connectivity index (χ0v) is 23.1. The van der Waals surface area contributed by atoms with Crippen molar-refractivity contribution in [2.24, 2.45) is 17.8 Å². The second-order valence-electron chi connectivity index (χ2n) is 8.86. The molecule has 12 nitrogen and oxygen atoms in total. The van der Waals surface area contributed by atoms with Gasteiger partial charge in [-0.3, -0.25) is 10.1 Å². The predicted octanol–water partition coefficient (Wildman–Crippen LogP) is 3.75. The quantitative estimate of drug-likeness (QED) is 0.0693. The molecule has 38 heavy (non-hydrogen) atoms. The van der Waals surface area contributed by atoms with Crippen LogP contribution in [-0.2, 0) is 33.2 Å². The van der Waals surface area contributed by atoms with Gasteiger partial charge in [0.05, 0.1) is 31.4 Å². The molecule has 1 rings (SSSR count). The Labute approximate surface area is 224 Å². The first-order valence-corrected chi connectivity index (χ1v) is 12.5. The molecule has 1 aromatic carbocycles. The van der Waals surface area contributed by atoms with Crippen LogP contribution in [0, 0.1) is 27.9 Å². The minimum absolute atomic E-state index is 0.113. The van der Waals surface area contributed by atoms with Crippen molar-refractivity contribution in [1.82, 2.24) is 0 Å². The number of carbonyl (C=O) groups is 1. The first-order chi connectivity index (χ1) is 18.4. The number of rotatable bonds is 22.